The molecule has 1 aromatic heterocycles. The molecule has 1 amide bonds. The number of nitrogens with zero attached hydrogens (tertiary/aromatic N) is 2. The number of nitrogens with two attached hydrogens (primary N) is 1. The van der Waals surface area contributed by atoms with Crippen LogP contribution in [-0.4, -0.2) is 27.8 Å². The molecule has 2 aromatic rings. The molecule has 6 heteroatoms. The number of benzene rings is 1. The lowest BCUT2D eigenvalue weighted by molar-refractivity contribution is 0.0877. The highest BCUT2D eigenvalue weighted by Crippen LogP contribution is 2.17. The van der Waals surface area contributed by atoms with Gasteiger partial charge in [0.15, 0.2) is 5.69 Å². The van der Waals surface area contributed by atoms with Gasteiger partial charge in [0.2, 0.25) is 0 Å². The third-order valence-corrected chi connectivity index (χ3v) is 4.22. The number of para-hydroxylation sites is 1. The fourth-order valence-corrected chi connectivity index (χ4v) is 2.17. The van der Waals surface area contributed by atoms with E-state index >= 15 is 0 Å². The van der Waals surface area contributed by atoms with Crippen molar-refractivity contribution in [3.05, 3.63) is 47.8 Å². The minimum absolute atomic E-state index is 0. The maximum Gasteiger partial charge on any atom is 0.272 e. The van der Waals surface area contributed by atoms with Crippen LogP contribution >= 0.6 is 12.4 Å². The molecule has 3 N–H and O–H groups in total. The Balaban J connectivity index is 0.00000264. The summed E-state index contributed by atoms with van der Waals surface area (Å²) in [6.45, 7) is 8.36. The summed E-state index contributed by atoms with van der Waals surface area (Å²) in [5.74, 6) is 0.0400. The van der Waals surface area contributed by atoms with Gasteiger partial charge in [-0.2, -0.15) is 5.10 Å². The number of nitrogens with one attached hydrogen (secondary N) is 1. The Morgan fingerprint density at radius 3 is 2.48 bits per heavy atom. The lowest BCUT2D eigenvalue weighted by atomic mass is 9.88. The van der Waals surface area contributed by atoms with Gasteiger partial charge < -0.3 is 11.1 Å². The molecule has 1 aromatic carbocycles. The molecule has 1 atom stereocenters. The minimum atomic E-state index is -0.443. The van der Waals surface area contributed by atoms with Crippen LogP contribution in [0, 0.1) is 12.8 Å². The fourth-order valence-electron chi connectivity index (χ4n) is 2.17. The van der Waals surface area contributed by atoms with Crippen LogP contribution in [0.1, 0.15) is 37.0 Å². The molecule has 0 radical (unpaired) electrons. The zero-order valence-electron chi connectivity index (χ0n) is 14.0. The Kier molecular flexibility index (Phi) is 6.36. The summed E-state index contributed by atoms with van der Waals surface area (Å²) in [4.78, 5) is 12.5. The molecule has 1 heterocycles. The van der Waals surface area contributed by atoms with Gasteiger partial charge >= 0.3 is 0 Å². The summed E-state index contributed by atoms with van der Waals surface area (Å²) in [5, 5.41) is 7.43. The number of carbonyl (C=O) groups excluding carboxylic acids is 1. The molecule has 126 valence electrons. The fraction of sp³-hybridized carbons (Fsp3) is 0.412. The van der Waals surface area contributed by atoms with Gasteiger partial charge in [0.1, 0.15) is 0 Å². The molecule has 0 saturated heterocycles. The van der Waals surface area contributed by atoms with Crippen LogP contribution in [0.4, 0.5) is 0 Å². The van der Waals surface area contributed by atoms with Gasteiger partial charge in [0.05, 0.1) is 11.2 Å². The monoisotopic (exact) mass is 336 g/mol. The van der Waals surface area contributed by atoms with Crippen molar-refractivity contribution in [1.29, 1.82) is 0 Å². The van der Waals surface area contributed by atoms with E-state index in [1.807, 2.05) is 58.0 Å². The molecule has 0 saturated carbocycles. The van der Waals surface area contributed by atoms with E-state index in [9.17, 15) is 4.79 Å². The number of hydrogen-bond donors (Lipinski definition) is 2. The van der Waals surface area contributed by atoms with Gasteiger partial charge in [-0.05, 0) is 38.0 Å². The summed E-state index contributed by atoms with van der Waals surface area (Å²) in [5.41, 5.74) is 7.63. The van der Waals surface area contributed by atoms with Crippen molar-refractivity contribution < 1.29 is 4.79 Å². The van der Waals surface area contributed by atoms with E-state index in [2.05, 4.69) is 10.4 Å². The third-order valence-electron chi connectivity index (χ3n) is 4.22. The van der Waals surface area contributed by atoms with Crippen molar-refractivity contribution in [1.82, 2.24) is 15.1 Å². The molecule has 1 unspecified atom stereocenters. The minimum Gasteiger partial charge on any atom is -0.344 e. The van der Waals surface area contributed by atoms with Crippen molar-refractivity contribution in [2.75, 3.05) is 6.54 Å². The van der Waals surface area contributed by atoms with E-state index in [-0.39, 0.29) is 24.2 Å². The second-order valence-electron chi connectivity index (χ2n) is 6.15. The van der Waals surface area contributed by atoms with Gasteiger partial charge in [-0.1, -0.05) is 32.0 Å². The number of halogens is 1. The Morgan fingerprint density at radius 2 is 1.96 bits per heavy atom. The molecular formula is C17H25ClN4O. The largest absolute Gasteiger partial charge is 0.344 e. The number of hydrogen-bond acceptors (Lipinski definition) is 3. The summed E-state index contributed by atoms with van der Waals surface area (Å²) in [7, 11) is 0. The summed E-state index contributed by atoms with van der Waals surface area (Å²) < 4.78 is 1.77. The maximum absolute atomic E-state index is 12.5. The lowest BCUT2D eigenvalue weighted by Crippen LogP contribution is -2.55. The Hall–Kier alpha value is -1.85. The van der Waals surface area contributed by atoms with Crippen molar-refractivity contribution in [2.24, 2.45) is 11.7 Å². The van der Waals surface area contributed by atoms with E-state index in [1.165, 1.54) is 0 Å². The van der Waals surface area contributed by atoms with Crippen LogP contribution < -0.4 is 11.1 Å². The molecule has 2 rings (SSSR count). The average Bonchev–Trinajstić information content (AvgIpc) is 2.90. The van der Waals surface area contributed by atoms with E-state index in [0.29, 0.717) is 12.2 Å². The first-order valence-corrected chi connectivity index (χ1v) is 7.52. The van der Waals surface area contributed by atoms with E-state index in [4.69, 9.17) is 5.73 Å². The average molecular weight is 337 g/mol. The van der Waals surface area contributed by atoms with Crippen molar-refractivity contribution in [3.63, 3.8) is 0 Å². The molecule has 0 bridgehead atoms. The van der Waals surface area contributed by atoms with Gasteiger partial charge in [-0.25, -0.2) is 4.68 Å². The van der Waals surface area contributed by atoms with Crippen LogP contribution in [0.2, 0.25) is 0 Å². The topological polar surface area (TPSA) is 72.9 Å². The highest BCUT2D eigenvalue weighted by atomic mass is 35.5. The second kappa shape index (κ2) is 7.62. The van der Waals surface area contributed by atoms with Crippen LogP contribution in [0.15, 0.2) is 36.4 Å². The van der Waals surface area contributed by atoms with Crippen LogP contribution in [0.5, 0.6) is 0 Å². The predicted octanol–water partition coefficient (Wildman–Crippen LogP) is 2.71. The first-order chi connectivity index (χ1) is 10.4. The normalized spacial score (nSPS) is 13.3. The third kappa shape index (κ3) is 4.12. The number of rotatable bonds is 5. The maximum atomic E-state index is 12.5. The zero-order valence-corrected chi connectivity index (χ0v) is 14.9. The zero-order chi connectivity index (χ0) is 16.3. The highest BCUT2D eigenvalue weighted by molar-refractivity contribution is 5.93. The molecule has 5 nitrogen and oxygen atoms in total. The van der Waals surface area contributed by atoms with E-state index in [1.54, 1.807) is 10.7 Å². The Labute approximate surface area is 143 Å². The molecule has 0 aliphatic carbocycles. The second-order valence-corrected chi connectivity index (χ2v) is 6.15. The molecular weight excluding hydrogens is 312 g/mol. The molecule has 0 aliphatic rings. The SMILES string of the molecule is Cc1cc(C(=O)NC(C)(CN)C(C)C)nn1-c1ccccc1.Cl. The van der Waals surface area contributed by atoms with Crippen molar-refractivity contribution >= 4 is 18.3 Å². The number of amides is 1. The first kappa shape index (κ1) is 19.2. The van der Waals surface area contributed by atoms with Crippen LogP contribution in [0.3, 0.4) is 0 Å². The summed E-state index contributed by atoms with van der Waals surface area (Å²) >= 11 is 0. The predicted molar refractivity (Wildman–Crippen MR) is 95.3 cm³/mol. The van der Waals surface area contributed by atoms with Crippen LogP contribution in [-0.2, 0) is 0 Å². The first-order valence-electron chi connectivity index (χ1n) is 7.52. The standard InChI is InChI=1S/C17H24N4O.ClH/c1-12(2)17(4,11-18)19-16(22)15-10-13(3)21(20-15)14-8-6-5-7-9-14;/h5-10,12H,11,18H2,1-4H3,(H,19,22);1H. The van der Waals surface area contributed by atoms with Crippen molar-refractivity contribution in [2.45, 2.75) is 33.2 Å². The van der Waals surface area contributed by atoms with Crippen LogP contribution in [0.25, 0.3) is 5.69 Å². The number of aryl methyl sites for hydroxylation is 1. The van der Waals surface area contributed by atoms with Crippen molar-refractivity contribution in [3.8, 4) is 5.69 Å². The molecule has 0 aliphatic heterocycles. The van der Waals surface area contributed by atoms with Gasteiger partial charge in [-0.15, -0.1) is 12.4 Å². The van der Waals surface area contributed by atoms with Gasteiger partial charge in [0.25, 0.3) is 5.91 Å². The smallest absolute Gasteiger partial charge is 0.272 e. The molecule has 23 heavy (non-hydrogen) atoms. The lowest BCUT2D eigenvalue weighted by Gasteiger charge is -2.33. The Bertz CT molecular complexity index is 654. The van der Waals surface area contributed by atoms with Gasteiger partial charge in [-0.3, -0.25) is 4.79 Å². The molecule has 0 fully saturated rings. The quantitative estimate of drug-likeness (QED) is 0.881. The highest BCUT2D eigenvalue weighted by Gasteiger charge is 2.29. The molecule has 0 spiro atoms. The van der Waals surface area contributed by atoms with Gasteiger partial charge in [0, 0.05) is 12.2 Å². The number of aromatic nitrogens is 2. The van der Waals surface area contributed by atoms with E-state index < -0.39 is 5.54 Å². The Morgan fingerprint density at radius 1 is 1.35 bits per heavy atom. The summed E-state index contributed by atoms with van der Waals surface area (Å²) in [6.07, 6.45) is 0. The van der Waals surface area contributed by atoms with E-state index in [0.717, 1.165) is 11.4 Å². The number of carbonyl (C=O) groups is 1. The summed E-state index contributed by atoms with van der Waals surface area (Å²) in [6, 6.07) is 11.5.